The molecule has 1 heterocycles. The van der Waals surface area contributed by atoms with Crippen LogP contribution < -0.4 is 10.6 Å². The molecule has 0 spiro atoms. The molecule has 2 aromatic rings. The second-order valence-corrected chi connectivity index (χ2v) is 10.7. The molecule has 0 bridgehead atoms. The number of hydrogen-bond acceptors (Lipinski definition) is 9. The van der Waals surface area contributed by atoms with Crippen molar-refractivity contribution in [1.29, 1.82) is 0 Å². The molecule has 2 N–H and O–H groups in total. The van der Waals surface area contributed by atoms with Crippen LogP contribution in [0.1, 0.15) is 61.5 Å². The van der Waals surface area contributed by atoms with Gasteiger partial charge in [0, 0.05) is 32.1 Å². The van der Waals surface area contributed by atoms with Gasteiger partial charge in [-0.3, -0.25) is 20.2 Å². The van der Waals surface area contributed by atoms with Crippen molar-refractivity contribution in [2.45, 2.75) is 52.6 Å². The molecule has 1 aromatic carbocycles. The van der Waals surface area contributed by atoms with Crippen LogP contribution in [-0.4, -0.2) is 77.0 Å². The monoisotopic (exact) mass is 549 g/mol. The van der Waals surface area contributed by atoms with Gasteiger partial charge in [-0.15, -0.1) is 0 Å². The molecule has 12 nitrogen and oxygen atoms in total. The molecule has 0 radical (unpaired) electrons. The fourth-order valence-corrected chi connectivity index (χ4v) is 4.16. The molecule has 2 rings (SSSR count). The van der Waals surface area contributed by atoms with Crippen LogP contribution in [-0.2, 0) is 4.74 Å². The summed E-state index contributed by atoms with van der Waals surface area (Å²) >= 11 is 6.47. The highest BCUT2D eigenvalue weighted by Crippen LogP contribution is 2.42. The Morgan fingerprint density at radius 3 is 2.29 bits per heavy atom. The van der Waals surface area contributed by atoms with E-state index in [4.69, 9.17) is 16.3 Å². The van der Waals surface area contributed by atoms with Crippen LogP contribution >= 0.6 is 11.6 Å². The van der Waals surface area contributed by atoms with Gasteiger partial charge in [-0.2, -0.15) is 0 Å². The number of nitro benzene ring substituents is 1. The van der Waals surface area contributed by atoms with E-state index in [1.165, 1.54) is 11.0 Å². The lowest BCUT2D eigenvalue weighted by Gasteiger charge is -2.26. The largest absolute Gasteiger partial charge is 0.444 e. The molecule has 1 unspecified atom stereocenters. The zero-order valence-electron chi connectivity index (χ0n) is 23.3. The smallest absolute Gasteiger partial charge is 0.413 e. The third-order valence-electron chi connectivity index (χ3n) is 5.49. The molecule has 0 aliphatic carbocycles. The number of nitrogens with one attached hydrogen (secondary N) is 2. The number of carbonyl (C=O) groups is 2. The fraction of sp³-hybridized carbons (Fsp3) is 0.520. The predicted octanol–water partition coefficient (Wildman–Crippen LogP) is 5.19. The summed E-state index contributed by atoms with van der Waals surface area (Å²) in [6.45, 7) is 9.29. The molecule has 0 aliphatic heterocycles. The van der Waals surface area contributed by atoms with Crippen molar-refractivity contribution in [2.75, 3.05) is 45.4 Å². The molecule has 0 aliphatic rings. The van der Waals surface area contributed by atoms with Crippen molar-refractivity contribution < 1.29 is 19.2 Å². The summed E-state index contributed by atoms with van der Waals surface area (Å²) in [7, 11) is 6.96. The number of benzene rings is 1. The first-order valence-electron chi connectivity index (χ1n) is 12.0. The van der Waals surface area contributed by atoms with Crippen molar-refractivity contribution >= 4 is 46.6 Å². The Morgan fingerprint density at radius 2 is 1.79 bits per heavy atom. The number of ether oxygens (including phenoxy) is 1. The maximum absolute atomic E-state index is 13.2. The Kier molecular flexibility index (Phi) is 9.99. The third-order valence-corrected chi connectivity index (χ3v) is 5.84. The van der Waals surface area contributed by atoms with Crippen LogP contribution in [0, 0.1) is 17.0 Å². The molecule has 1 atom stereocenters. The molecule has 38 heavy (non-hydrogen) atoms. The molecule has 0 saturated carbocycles. The summed E-state index contributed by atoms with van der Waals surface area (Å²) in [6, 6.07) is 1.53. The third kappa shape index (κ3) is 7.51. The number of carbonyl (C=O) groups excluding carboxylic acids is 2. The van der Waals surface area contributed by atoms with Crippen LogP contribution in [0.15, 0.2) is 12.4 Å². The number of amides is 2. The normalized spacial score (nSPS) is 12.2. The van der Waals surface area contributed by atoms with Gasteiger partial charge in [0.15, 0.2) is 11.6 Å². The van der Waals surface area contributed by atoms with Crippen LogP contribution in [0.2, 0.25) is 5.02 Å². The molecule has 13 heteroatoms. The van der Waals surface area contributed by atoms with Crippen LogP contribution in [0.4, 0.5) is 27.8 Å². The van der Waals surface area contributed by atoms with Gasteiger partial charge in [0.05, 0.1) is 10.5 Å². The van der Waals surface area contributed by atoms with E-state index in [-0.39, 0.29) is 39.9 Å². The number of aryl methyl sites for hydroxylation is 1. The summed E-state index contributed by atoms with van der Waals surface area (Å²) in [5.74, 6) is -0.631. The van der Waals surface area contributed by atoms with Crippen LogP contribution in [0.5, 0.6) is 0 Å². The van der Waals surface area contributed by atoms with Gasteiger partial charge in [-0.05, 0) is 59.8 Å². The van der Waals surface area contributed by atoms with Crippen LogP contribution in [0.25, 0.3) is 0 Å². The zero-order chi connectivity index (χ0) is 28.9. The van der Waals surface area contributed by atoms with Gasteiger partial charge in [0.2, 0.25) is 0 Å². The van der Waals surface area contributed by atoms with E-state index in [1.807, 2.05) is 25.9 Å². The number of hydrogen-bond donors (Lipinski definition) is 2. The second-order valence-electron chi connectivity index (χ2n) is 10.3. The van der Waals surface area contributed by atoms with E-state index < -0.39 is 16.6 Å². The van der Waals surface area contributed by atoms with Gasteiger partial charge in [0.25, 0.3) is 11.6 Å². The van der Waals surface area contributed by atoms with Crippen molar-refractivity contribution in [1.82, 2.24) is 19.8 Å². The number of nitro groups is 1. The lowest BCUT2D eigenvalue weighted by molar-refractivity contribution is -0.384. The van der Waals surface area contributed by atoms with Crippen LogP contribution in [0.3, 0.4) is 0 Å². The van der Waals surface area contributed by atoms with Gasteiger partial charge < -0.3 is 19.9 Å². The summed E-state index contributed by atoms with van der Waals surface area (Å²) in [6.07, 6.45) is 0.952. The summed E-state index contributed by atoms with van der Waals surface area (Å²) in [5, 5.41) is 17.8. The zero-order valence-corrected chi connectivity index (χ0v) is 24.1. The standard InChI is InChI=1S/C25H36ClN7O5/c1-10-15(12-31(6)7)18-17(23(34)32(8)9)14(2)11-16(20(18)33(36)37)29-21-19(26)22(28-13-27-21)30-24(35)38-25(3,4)5/h11,13,15H,10,12H2,1-9H3,(H2,27,28,29,30,35). The number of halogens is 1. The first kappa shape index (κ1) is 30.7. The summed E-state index contributed by atoms with van der Waals surface area (Å²) in [4.78, 5) is 48.9. The number of aromatic nitrogens is 2. The molecule has 208 valence electrons. The minimum Gasteiger partial charge on any atom is -0.444 e. The summed E-state index contributed by atoms with van der Waals surface area (Å²) in [5.41, 5.74) is 0.311. The Morgan fingerprint density at radius 1 is 1.18 bits per heavy atom. The molecular formula is C25H36ClN7O5. The first-order chi connectivity index (χ1) is 17.6. The maximum atomic E-state index is 13.2. The maximum Gasteiger partial charge on any atom is 0.413 e. The molecule has 0 saturated heterocycles. The Hall–Kier alpha value is -3.51. The molecule has 1 aromatic heterocycles. The van der Waals surface area contributed by atoms with Gasteiger partial charge >= 0.3 is 6.09 Å². The molecular weight excluding hydrogens is 514 g/mol. The quantitative estimate of drug-likeness (QED) is 0.319. The SMILES string of the molecule is CCC(CN(C)C)c1c(C(=O)N(C)C)c(C)cc(Nc2ncnc(NC(=O)OC(C)(C)C)c2Cl)c1[N+](=O)[O-]. The highest BCUT2D eigenvalue weighted by atomic mass is 35.5. The van der Waals surface area contributed by atoms with Gasteiger partial charge in [0.1, 0.15) is 22.6 Å². The highest BCUT2D eigenvalue weighted by molar-refractivity contribution is 6.35. The lowest BCUT2D eigenvalue weighted by Crippen LogP contribution is -2.28. The van der Waals surface area contributed by atoms with Crippen molar-refractivity contribution in [3.8, 4) is 0 Å². The first-order valence-corrected chi connectivity index (χ1v) is 12.4. The number of rotatable bonds is 9. The Bertz CT molecular complexity index is 1210. The number of anilines is 3. The number of likely N-dealkylation sites (N-methyl/N-ethyl adjacent to an activating group) is 1. The minimum atomic E-state index is -0.769. The average Bonchev–Trinajstić information content (AvgIpc) is 2.77. The van der Waals surface area contributed by atoms with E-state index in [0.29, 0.717) is 29.7 Å². The van der Waals surface area contributed by atoms with Crippen molar-refractivity contribution in [2.24, 2.45) is 0 Å². The second kappa shape index (κ2) is 12.4. The van der Waals surface area contributed by atoms with E-state index in [2.05, 4.69) is 20.6 Å². The van der Waals surface area contributed by atoms with Gasteiger partial charge in [-0.25, -0.2) is 14.8 Å². The Balaban J connectivity index is 2.70. The lowest BCUT2D eigenvalue weighted by atomic mass is 9.86. The predicted molar refractivity (Wildman–Crippen MR) is 148 cm³/mol. The summed E-state index contributed by atoms with van der Waals surface area (Å²) < 4.78 is 5.24. The number of nitrogens with zero attached hydrogens (tertiary/aromatic N) is 5. The topological polar surface area (TPSA) is 143 Å². The molecule has 2 amide bonds. The van der Waals surface area contributed by atoms with Gasteiger partial charge in [-0.1, -0.05) is 18.5 Å². The average molecular weight is 550 g/mol. The van der Waals surface area contributed by atoms with E-state index >= 15 is 0 Å². The highest BCUT2D eigenvalue weighted by Gasteiger charge is 2.34. The molecule has 0 fully saturated rings. The van der Waals surface area contributed by atoms with Crippen molar-refractivity contribution in [3.63, 3.8) is 0 Å². The van der Waals surface area contributed by atoms with E-state index in [1.54, 1.807) is 41.8 Å². The van der Waals surface area contributed by atoms with E-state index in [0.717, 1.165) is 6.33 Å². The minimum absolute atomic E-state index is 0.0311. The Labute approximate surface area is 227 Å². The van der Waals surface area contributed by atoms with Crippen molar-refractivity contribution in [3.05, 3.63) is 44.2 Å². The van der Waals surface area contributed by atoms with E-state index in [9.17, 15) is 19.7 Å². The fourth-order valence-electron chi connectivity index (χ4n) is 3.97.